The van der Waals surface area contributed by atoms with E-state index in [0.717, 1.165) is 12.8 Å². The van der Waals surface area contributed by atoms with E-state index in [9.17, 15) is 0 Å². The molecule has 16 heavy (non-hydrogen) atoms. The minimum Gasteiger partial charge on any atom is -0.408 e. The third-order valence-corrected chi connectivity index (χ3v) is 3.24. The first-order valence-electron chi connectivity index (χ1n) is 5.79. The van der Waals surface area contributed by atoms with Crippen LogP contribution in [0.1, 0.15) is 25.2 Å². The van der Waals surface area contributed by atoms with Gasteiger partial charge in [-0.05, 0) is 19.3 Å². The van der Waals surface area contributed by atoms with E-state index in [-0.39, 0.29) is 0 Å². The van der Waals surface area contributed by atoms with E-state index in [4.69, 9.17) is 14.9 Å². The van der Waals surface area contributed by atoms with Crippen molar-refractivity contribution in [2.75, 3.05) is 11.9 Å². The zero-order chi connectivity index (χ0) is 11.0. The van der Waals surface area contributed by atoms with E-state index in [1.54, 1.807) is 0 Å². The molecule has 1 aromatic heterocycles. The number of rotatable bonds is 4. The average molecular weight is 224 g/mol. The lowest BCUT2D eigenvalue weighted by molar-refractivity contribution is 0.102. The molecule has 0 radical (unpaired) electrons. The van der Waals surface area contributed by atoms with Crippen LogP contribution in [0.5, 0.6) is 0 Å². The van der Waals surface area contributed by atoms with Gasteiger partial charge in [-0.2, -0.15) is 0 Å². The minimum atomic E-state index is 0.315. The fourth-order valence-corrected chi connectivity index (χ4v) is 2.48. The van der Waals surface area contributed by atoms with Crippen molar-refractivity contribution in [1.29, 1.82) is 0 Å². The molecule has 0 amide bonds. The van der Waals surface area contributed by atoms with Crippen LogP contribution in [-0.2, 0) is 11.2 Å². The highest BCUT2D eigenvalue weighted by atomic mass is 16.5. The first kappa shape index (κ1) is 10.0. The van der Waals surface area contributed by atoms with Gasteiger partial charge in [-0.15, -0.1) is 5.10 Å². The molecular formula is C10H16N4O2. The molecule has 3 rings (SSSR count). The molecule has 0 saturated carbocycles. The van der Waals surface area contributed by atoms with Crippen molar-refractivity contribution in [2.45, 2.75) is 43.9 Å². The Labute approximate surface area is 93.5 Å². The second-order valence-corrected chi connectivity index (χ2v) is 4.40. The molecule has 2 aliphatic rings. The molecular weight excluding hydrogens is 208 g/mol. The van der Waals surface area contributed by atoms with Gasteiger partial charge in [0.2, 0.25) is 5.89 Å². The van der Waals surface area contributed by atoms with Gasteiger partial charge in [0.25, 0.3) is 0 Å². The van der Waals surface area contributed by atoms with Gasteiger partial charge in [-0.3, -0.25) is 0 Å². The summed E-state index contributed by atoms with van der Waals surface area (Å²) >= 11 is 0. The van der Waals surface area contributed by atoms with E-state index in [1.807, 2.05) is 0 Å². The van der Waals surface area contributed by atoms with Crippen molar-refractivity contribution in [3.8, 4) is 0 Å². The largest absolute Gasteiger partial charge is 0.408 e. The van der Waals surface area contributed by atoms with Crippen LogP contribution >= 0.6 is 0 Å². The number of fused-ring (bicyclic) bond motifs is 2. The summed E-state index contributed by atoms with van der Waals surface area (Å²) < 4.78 is 11.2. The number of hydrogen-bond donors (Lipinski definition) is 2. The van der Waals surface area contributed by atoms with Crippen molar-refractivity contribution in [3.05, 3.63) is 5.89 Å². The molecule has 1 aromatic rings. The molecule has 2 aliphatic heterocycles. The first-order valence-corrected chi connectivity index (χ1v) is 5.79. The highest BCUT2D eigenvalue weighted by molar-refractivity contribution is 5.22. The van der Waals surface area contributed by atoms with Crippen LogP contribution in [0.25, 0.3) is 0 Å². The molecule has 2 saturated heterocycles. The smallest absolute Gasteiger partial charge is 0.315 e. The Bertz CT molecular complexity index is 367. The molecule has 2 fully saturated rings. The number of nitrogens with zero attached hydrogens (tertiary/aromatic N) is 2. The highest BCUT2D eigenvalue weighted by Gasteiger charge is 2.41. The fraction of sp³-hybridized carbons (Fsp3) is 0.800. The monoisotopic (exact) mass is 224 g/mol. The maximum Gasteiger partial charge on any atom is 0.315 e. The van der Waals surface area contributed by atoms with E-state index in [2.05, 4.69) is 15.5 Å². The third kappa shape index (κ3) is 1.78. The van der Waals surface area contributed by atoms with Crippen LogP contribution in [0.15, 0.2) is 4.42 Å². The summed E-state index contributed by atoms with van der Waals surface area (Å²) in [4.78, 5) is 0. The number of nitrogens with one attached hydrogen (secondary N) is 1. The quantitative estimate of drug-likeness (QED) is 0.765. The van der Waals surface area contributed by atoms with E-state index in [0.29, 0.717) is 43.1 Å². The van der Waals surface area contributed by atoms with Gasteiger partial charge >= 0.3 is 6.01 Å². The number of aromatic nitrogens is 2. The van der Waals surface area contributed by atoms with E-state index < -0.39 is 0 Å². The van der Waals surface area contributed by atoms with Crippen LogP contribution in [-0.4, -0.2) is 35.0 Å². The Morgan fingerprint density at radius 2 is 2.31 bits per heavy atom. The van der Waals surface area contributed by atoms with Crippen molar-refractivity contribution < 1.29 is 9.15 Å². The fourth-order valence-electron chi connectivity index (χ4n) is 2.48. The Balaban J connectivity index is 1.61. The predicted molar refractivity (Wildman–Crippen MR) is 57.0 cm³/mol. The van der Waals surface area contributed by atoms with Crippen molar-refractivity contribution in [3.63, 3.8) is 0 Å². The molecule has 2 bridgehead atoms. The molecule has 0 aliphatic carbocycles. The SMILES string of the molecule is NCCc1nnc(NC2CC3CCC2O3)o1. The Hall–Kier alpha value is -1.14. The maximum absolute atomic E-state index is 5.74. The van der Waals surface area contributed by atoms with Crippen LogP contribution in [0.2, 0.25) is 0 Å². The zero-order valence-electron chi connectivity index (χ0n) is 9.06. The van der Waals surface area contributed by atoms with Gasteiger partial charge in [0.1, 0.15) is 0 Å². The predicted octanol–water partition coefficient (Wildman–Crippen LogP) is 0.303. The maximum atomic E-state index is 5.74. The second kappa shape index (κ2) is 4.03. The molecule has 6 nitrogen and oxygen atoms in total. The summed E-state index contributed by atoms with van der Waals surface area (Å²) in [5.41, 5.74) is 5.41. The number of hydrogen-bond acceptors (Lipinski definition) is 6. The topological polar surface area (TPSA) is 86.2 Å². The third-order valence-electron chi connectivity index (χ3n) is 3.24. The number of ether oxygens (including phenoxy) is 1. The van der Waals surface area contributed by atoms with Gasteiger partial charge in [0.05, 0.1) is 18.2 Å². The van der Waals surface area contributed by atoms with Crippen molar-refractivity contribution >= 4 is 6.01 Å². The Morgan fingerprint density at radius 1 is 1.38 bits per heavy atom. The molecule has 3 unspecified atom stereocenters. The molecule has 6 heteroatoms. The molecule has 88 valence electrons. The number of anilines is 1. The van der Waals surface area contributed by atoms with Crippen molar-refractivity contribution in [2.24, 2.45) is 5.73 Å². The van der Waals surface area contributed by atoms with Crippen LogP contribution in [0.4, 0.5) is 6.01 Å². The minimum absolute atomic E-state index is 0.315. The second-order valence-electron chi connectivity index (χ2n) is 4.40. The van der Waals surface area contributed by atoms with Gasteiger partial charge in [0.15, 0.2) is 0 Å². The lowest BCUT2D eigenvalue weighted by Gasteiger charge is -2.18. The summed E-state index contributed by atoms with van der Waals surface area (Å²) in [6.07, 6.45) is 4.72. The molecule has 3 heterocycles. The Morgan fingerprint density at radius 3 is 3.00 bits per heavy atom. The zero-order valence-corrected chi connectivity index (χ0v) is 9.06. The first-order chi connectivity index (χ1) is 7.85. The van der Waals surface area contributed by atoms with Crippen LogP contribution in [0.3, 0.4) is 0 Å². The highest BCUT2D eigenvalue weighted by Crippen LogP contribution is 2.35. The molecule has 0 spiro atoms. The molecule has 3 atom stereocenters. The summed E-state index contributed by atoms with van der Waals surface area (Å²) in [7, 11) is 0. The van der Waals surface area contributed by atoms with Gasteiger partial charge in [0, 0.05) is 13.0 Å². The van der Waals surface area contributed by atoms with E-state index in [1.165, 1.54) is 6.42 Å². The average Bonchev–Trinajstić information content (AvgIpc) is 2.95. The summed E-state index contributed by atoms with van der Waals surface area (Å²) in [5.74, 6) is 0.592. The van der Waals surface area contributed by atoms with Gasteiger partial charge < -0.3 is 20.2 Å². The molecule has 0 aromatic carbocycles. The number of nitrogens with two attached hydrogens (primary N) is 1. The summed E-state index contributed by atoms with van der Waals surface area (Å²) in [6, 6.07) is 0.814. The van der Waals surface area contributed by atoms with Gasteiger partial charge in [-0.25, -0.2) is 0 Å². The summed E-state index contributed by atoms with van der Waals surface area (Å²) in [5, 5.41) is 11.1. The van der Waals surface area contributed by atoms with Crippen LogP contribution < -0.4 is 11.1 Å². The normalized spacial score (nSPS) is 32.2. The van der Waals surface area contributed by atoms with Crippen molar-refractivity contribution in [1.82, 2.24) is 10.2 Å². The Kier molecular flexibility index (Phi) is 2.53. The summed E-state index contributed by atoms with van der Waals surface area (Å²) in [6.45, 7) is 0.527. The molecule has 3 N–H and O–H groups in total. The van der Waals surface area contributed by atoms with Crippen LogP contribution in [0, 0.1) is 0 Å². The lowest BCUT2D eigenvalue weighted by Crippen LogP contribution is -2.30. The van der Waals surface area contributed by atoms with E-state index >= 15 is 0 Å². The standard InChI is InChI=1S/C10H16N4O2/c11-4-3-9-13-14-10(16-9)12-7-5-6-1-2-8(7)15-6/h6-8H,1-5,11H2,(H,12,14). The lowest BCUT2D eigenvalue weighted by atomic mass is 9.96. The van der Waals surface area contributed by atoms with Gasteiger partial charge in [-0.1, -0.05) is 5.10 Å².